The number of aliphatic hydroxyl groups is 1. The number of hydrogen-bond donors (Lipinski definition) is 3. The minimum absolute atomic E-state index is 0.0144. The van der Waals surface area contributed by atoms with Crippen molar-refractivity contribution in [1.29, 1.82) is 0 Å². The molecule has 112 valence electrons. The Balaban J connectivity index is 2.24. The predicted octanol–water partition coefficient (Wildman–Crippen LogP) is 1.51. The summed E-state index contributed by atoms with van der Waals surface area (Å²) in [4.78, 5) is 25.3. The smallest absolute Gasteiger partial charge is 0.270 e. The normalized spacial score (nSPS) is 11.6. The van der Waals surface area contributed by atoms with Gasteiger partial charge in [0.25, 0.3) is 5.69 Å². The van der Waals surface area contributed by atoms with Crippen molar-refractivity contribution in [2.75, 3.05) is 6.61 Å². The first-order chi connectivity index (χ1) is 9.82. The Labute approximate surface area is 121 Å². The minimum Gasteiger partial charge on any atom is -0.394 e. The molecule has 2 aromatic rings. The standard InChI is InChI=1S/C14H17N3O4/c1-14(2,8-18)16-13(19)5-9-7-15-12-4-3-10(17(20)21)6-11(9)12/h3-4,6-7,15,18H,5,8H2,1-2H3,(H,16,19). The zero-order chi connectivity index (χ0) is 15.6. The second-order valence-corrected chi connectivity index (χ2v) is 5.57. The number of nitro groups is 1. The van der Waals surface area contributed by atoms with Crippen molar-refractivity contribution in [3.8, 4) is 0 Å². The highest BCUT2D eigenvalue weighted by Gasteiger charge is 2.20. The Morgan fingerprint density at radius 1 is 1.48 bits per heavy atom. The van der Waals surface area contributed by atoms with Crippen molar-refractivity contribution in [3.05, 3.63) is 40.1 Å². The van der Waals surface area contributed by atoms with Crippen LogP contribution < -0.4 is 5.32 Å². The maximum atomic E-state index is 12.0. The van der Waals surface area contributed by atoms with Gasteiger partial charge in [-0.25, -0.2) is 0 Å². The van der Waals surface area contributed by atoms with E-state index in [0.717, 1.165) is 5.52 Å². The molecule has 0 aliphatic rings. The van der Waals surface area contributed by atoms with E-state index in [9.17, 15) is 14.9 Å². The maximum absolute atomic E-state index is 12.0. The fourth-order valence-corrected chi connectivity index (χ4v) is 2.06. The topological polar surface area (TPSA) is 108 Å². The number of nitrogens with one attached hydrogen (secondary N) is 2. The average molecular weight is 291 g/mol. The molecule has 3 N–H and O–H groups in total. The van der Waals surface area contributed by atoms with Crippen LogP contribution in [0.15, 0.2) is 24.4 Å². The summed E-state index contributed by atoms with van der Waals surface area (Å²) in [5, 5.41) is 23.3. The highest BCUT2D eigenvalue weighted by atomic mass is 16.6. The molecule has 1 amide bonds. The van der Waals surface area contributed by atoms with E-state index < -0.39 is 10.5 Å². The van der Waals surface area contributed by atoms with Crippen molar-refractivity contribution in [1.82, 2.24) is 10.3 Å². The molecule has 0 saturated heterocycles. The Morgan fingerprint density at radius 2 is 2.19 bits per heavy atom. The summed E-state index contributed by atoms with van der Waals surface area (Å²) in [6.45, 7) is 3.26. The van der Waals surface area contributed by atoms with Gasteiger partial charge in [-0.1, -0.05) is 0 Å². The molecular weight excluding hydrogens is 274 g/mol. The Hall–Kier alpha value is -2.41. The summed E-state index contributed by atoms with van der Waals surface area (Å²) in [5.41, 5.74) is 0.707. The number of aromatic nitrogens is 1. The SMILES string of the molecule is CC(C)(CO)NC(=O)Cc1c[nH]c2ccc([N+](=O)[O-])cc12. The molecule has 0 atom stereocenters. The predicted molar refractivity (Wildman–Crippen MR) is 78.0 cm³/mol. The third-order valence-corrected chi connectivity index (χ3v) is 3.19. The lowest BCUT2D eigenvalue weighted by Crippen LogP contribution is -2.46. The second-order valence-electron chi connectivity index (χ2n) is 5.57. The summed E-state index contributed by atoms with van der Waals surface area (Å²) >= 11 is 0. The number of non-ortho nitro benzene ring substituents is 1. The van der Waals surface area contributed by atoms with Gasteiger partial charge in [0.05, 0.1) is 23.5 Å². The van der Waals surface area contributed by atoms with Crippen LogP contribution in [0, 0.1) is 10.1 Å². The fourth-order valence-electron chi connectivity index (χ4n) is 2.06. The lowest BCUT2D eigenvalue weighted by atomic mass is 10.1. The number of aromatic amines is 1. The Kier molecular flexibility index (Phi) is 3.95. The van der Waals surface area contributed by atoms with E-state index in [2.05, 4.69) is 10.3 Å². The molecule has 21 heavy (non-hydrogen) atoms. The van der Waals surface area contributed by atoms with E-state index in [1.165, 1.54) is 12.1 Å². The molecule has 0 aliphatic carbocycles. The summed E-state index contributed by atoms with van der Waals surface area (Å²) in [6.07, 6.45) is 1.75. The molecule has 0 spiro atoms. The van der Waals surface area contributed by atoms with Gasteiger partial charge >= 0.3 is 0 Å². The van der Waals surface area contributed by atoms with Gasteiger partial charge in [-0.15, -0.1) is 0 Å². The van der Waals surface area contributed by atoms with Crippen LogP contribution in [0.1, 0.15) is 19.4 Å². The van der Waals surface area contributed by atoms with Crippen LogP contribution in [-0.4, -0.2) is 33.1 Å². The fraction of sp³-hybridized carbons (Fsp3) is 0.357. The van der Waals surface area contributed by atoms with Crippen LogP contribution in [0.4, 0.5) is 5.69 Å². The zero-order valence-electron chi connectivity index (χ0n) is 11.8. The number of rotatable bonds is 5. The summed E-state index contributed by atoms with van der Waals surface area (Å²) < 4.78 is 0. The molecule has 0 radical (unpaired) electrons. The molecule has 0 bridgehead atoms. The molecular formula is C14H17N3O4. The third kappa shape index (κ3) is 3.38. The van der Waals surface area contributed by atoms with E-state index in [1.54, 1.807) is 26.1 Å². The van der Waals surface area contributed by atoms with Gasteiger partial charge in [0.15, 0.2) is 0 Å². The molecule has 1 heterocycles. The van der Waals surface area contributed by atoms with Crippen LogP contribution in [0.5, 0.6) is 0 Å². The van der Waals surface area contributed by atoms with Gasteiger partial charge in [0.1, 0.15) is 0 Å². The molecule has 7 heteroatoms. The average Bonchev–Trinajstić information content (AvgIpc) is 2.80. The van der Waals surface area contributed by atoms with E-state index in [1.807, 2.05) is 0 Å². The lowest BCUT2D eigenvalue weighted by Gasteiger charge is -2.23. The van der Waals surface area contributed by atoms with Crippen molar-refractivity contribution in [3.63, 3.8) is 0 Å². The van der Waals surface area contributed by atoms with Crippen molar-refractivity contribution < 1.29 is 14.8 Å². The van der Waals surface area contributed by atoms with Crippen LogP contribution >= 0.6 is 0 Å². The van der Waals surface area contributed by atoms with E-state index in [-0.39, 0.29) is 24.6 Å². The first kappa shape index (κ1) is 15.0. The first-order valence-electron chi connectivity index (χ1n) is 6.49. The summed E-state index contributed by atoms with van der Waals surface area (Å²) in [6, 6.07) is 4.48. The van der Waals surface area contributed by atoms with Gasteiger partial charge in [-0.3, -0.25) is 14.9 Å². The monoisotopic (exact) mass is 291 g/mol. The van der Waals surface area contributed by atoms with Crippen LogP contribution in [0.25, 0.3) is 10.9 Å². The number of benzene rings is 1. The Bertz CT molecular complexity index is 691. The molecule has 0 unspecified atom stereocenters. The van der Waals surface area contributed by atoms with Crippen molar-refractivity contribution >= 4 is 22.5 Å². The Morgan fingerprint density at radius 3 is 2.81 bits per heavy atom. The number of carbonyl (C=O) groups excluding carboxylic acids is 1. The highest BCUT2D eigenvalue weighted by molar-refractivity contribution is 5.90. The third-order valence-electron chi connectivity index (χ3n) is 3.19. The van der Waals surface area contributed by atoms with Crippen LogP contribution in [0.3, 0.4) is 0 Å². The van der Waals surface area contributed by atoms with E-state index >= 15 is 0 Å². The minimum atomic E-state index is -0.699. The van der Waals surface area contributed by atoms with Crippen molar-refractivity contribution in [2.45, 2.75) is 25.8 Å². The maximum Gasteiger partial charge on any atom is 0.270 e. The van der Waals surface area contributed by atoms with Gasteiger partial charge in [-0.2, -0.15) is 0 Å². The summed E-state index contributed by atoms with van der Waals surface area (Å²) in [5.74, 6) is -0.249. The van der Waals surface area contributed by atoms with Gasteiger partial charge in [0, 0.05) is 29.2 Å². The lowest BCUT2D eigenvalue weighted by molar-refractivity contribution is -0.384. The quantitative estimate of drug-likeness (QED) is 0.573. The molecule has 2 rings (SSSR count). The number of H-pyrrole nitrogens is 1. The largest absolute Gasteiger partial charge is 0.394 e. The van der Waals surface area contributed by atoms with E-state index in [0.29, 0.717) is 10.9 Å². The number of amides is 1. The molecule has 7 nitrogen and oxygen atoms in total. The van der Waals surface area contributed by atoms with Crippen molar-refractivity contribution in [2.24, 2.45) is 0 Å². The summed E-state index contributed by atoms with van der Waals surface area (Å²) in [7, 11) is 0. The zero-order valence-corrected chi connectivity index (χ0v) is 11.8. The van der Waals surface area contributed by atoms with Gasteiger partial charge in [-0.05, 0) is 25.5 Å². The molecule has 1 aromatic carbocycles. The molecule has 0 aliphatic heterocycles. The van der Waals surface area contributed by atoms with Gasteiger partial charge in [0.2, 0.25) is 5.91 Å². The second kappa shape index (κ2) is 5.53. The number of nitro benzene ring substituents is 1. The number of nitrogens with zero attached hydrogens (tertiary/aromatic N) is 1. The number of fused-ring (bicyclic) bond motifs is 1. The first-order valence-corrected chi connectivity index (χ1v) is 6.49. The number of carbonyl (C=O) groups is 1. The van der Waals surface area contributed by atoms with Crippen LogP contribution in [0.2, 0.25) is 0 Å². The number of aliphatic hydroxyl groups excluding tert-OH is 1. The van der Waals surface area contributed by atoms with Crippen LogP contribution in [-0.2, 0) is 11.2 Å². The number of hydrogen-bond acceptors (Lipinski definition) is 4. The molecule has 1 aromatic heterocycles. The molecule has 0 fully saturated rings. The van der Waals surface area contributed by atoms with E-state index in [4.69, 9.17) is 5.11 Å². The molecule has 0 saturated carbocycles. The highest BCUT2D eigenvalue weighted by Crippen LogP contribution is 2.24. The van der Waals surface area contributed by atoms with Gasteiger partial charge < -0.3 is 15.4 Å².